The van der Waals surface area contributed by atoms with Crippen molar-refractivity contribution in [3.8, 4) is 11.5 Å². The first-order chi connectivity index (χ1) is 10.6. The fourth-order valence-electron chi connectivity index (χ4n) is 3.63. The van der Waals surface area contributed by atoms with E-state index in [0.717, 1.165) is 23.3 Å². The summed E-state index contributed by atoms with van der Waals surface area (Å²) in [6, 6.07) is 16.7. The van der Waals surface area contributed by atoms with Gasteiger partial charge in [0.1, 0.15) is 11.5 Å². The number of hydrogen-bond acceptors (Lipinski definition) is 1. The minimum atomic E-state index is 0.613. The van der Waals surface area contributed by atoms with Crippen molar-refractivity contribution in [3.05, 3.63) is 59.7 Å². The molecule has 0 heterocycles. The van der Waals surface area contributed by atoms with Gasteiger partial charge in [0.25, 0.3) is 0 Å². The van der Waals surface area contributed by atoms with Crippen LogP contribution in [0.2, 0.25) is 0 Å². The quantitative estimate of drug-likeness (QED) is 0.643. The van der Waals surface area contributed by atoms with Gasteiger partial charge in [0, 0.05) is 0 Å². The highest BCUT2D eigenvalue weighted by Gasteiger charge is 2.29. The molecule has 1 aliphatic rings. The van der Waals surface area contributed by atoms with Crippen LogP contribution in [0, 0.1) is 18.8 Å². The third-order valence-corrected chi connectivity index (χ3v) is 4.99. The molecule has 0 spiro atoms. The maximum absolute atomic E-state index is 6.20. The van der Waals surface area contributed by atoms with Crippen molar-refractivity contribution in [2.24, 2.45) is 11.8 Å². The first-order valence-electron chi connectivity index (χ1n) is 8.47. The topological polar surface area (TPSA) is 9.23 Å². The predicted octanol–water partition coefficient (Wildman–Crippen LogP) is 6.33. The highest BCUT2D eigenvalue weighted by atomic mass is 16.5. The molecule has 3 rings (SSSR count). The maximum Gasteiger partial charge on any atom is 0.130 e. The molecule has 116 valence electrons. The van der Waals surface area contributed by atoms with Gasteiger partial charge in [0.15, 0.2) is 0 Å². The van der Waals surface area contributed by atoms with Crippen LogP contribution in [0.15, 0.2) is 48.5 Å². The second-order valence-corrected chi connectivity index (χ2v) is 6.96. The Balaban J connectivity index is 1.93. The fraction of sp³-hybridized carbons (Fsp3) is 0.429. The molecule has 0 N–H and O–H groups in total. The second kappa shape index (κ2) is 6.56. The molecule has 0 aliphatic heterocycles. The van der Waals surface area contributed by atoms with Crippen LogP contribution < -0.4 is 4.74 Å². The largest absolute Gasteiger partial charge is 0.457 e. The van der Waals surface area contributed by atoms with E-state index in [1.165, 1.54) is 30.4 Å². The molecule has 1 fully saturated rings. The number of hydrogen-bond donors (Lipinski definition) is 0. The Hall–Kier alpha value is -1.76. The Bertz CT molecular complexity index is 617. The third-order valence-electron chi connectivity index (χ3n) is 4.99. The molecule has 0 bridgehead atoms. The van der Waals surface area contributed by atoms with Crippen molar-refractivity contribution in [2.75, 3.05) is 0 Å². The number of benzene rings is 2. The lowest BCUT2D eigenvalue weighted by Crippen LogP contribution is -2.20. The molecule has 0 aromatic heterocycles. The van der Waals surface area contributed by atoms with Crippen LogP contribution in [0.3, 0.4) is 0 Å². The molecule has 1 heteroatoms. The normalized spacial score (nSPS) is 25.0. The number of aryl methyl sites for hydroxylation is 1. The SMILES string of the molecule is Cc1ccc(Oc2ccccc2)c(C2CC(C)CCC2C)c1. The second-order valence-electron chi connectivity index (χ2n) is 6.96. The van der Waals surface area contributed by atoms with Gasteiger partial charge in [-0.05, 0) is 61.3 Å². The average Bonchev–Trinajstić information content (AvgIpc) is 2.52. The Labute approximate surface area is 134 Å². The molecular weight excluding hydrogens is 268 g/mol. The minimum absolute atomic E-state index is 0.613. The van der Waals surface area contributed by atoms with Crippen LogP contribution in [-0.4, -0.2) is 0 Å². The van der Waals surface area contributed by atoms with Crippen LogP contribution in [0.1, 0.15) is 50.2 Å². The van der Waals surface area contributed by atoms with Gasteiger partial charge < -0.3 is 4.74 Å². The molecule has 0 saturated heterocycles. The molecule has 1 nitrogen and oxygen atoms in total. The summed E-state index contributed by atoms with van der Waals surface area (Å²) in [7, 11) is 0. The van der Waals surface area contributed by atoms with Gasteiger partial charge in [-0.3, -0.25) is 0 Å². The van der Waals surface area contributed by atoms with Gasteiger partial charge in [0.2, 0.25) is 0 Å². The average molecular weight is 294 g/mol. The van der Waals surface area contributed by atoms with Gasteiger partial charge in [-0.15, -0.1) is 0 Å². The van der Waals surface area contributed by atoms with E-state index in [9.17, 15) is 0 Å². The predicted molar refractivity (Wildman–Crippen MR) is 92.6 cm³/mol. The summed E-state index contributed by atoms with van der Waals surface area (Å²) in [5.41, 5.74) is 2.71. The molecule has 2 aromatic rings. The first kappa shape index (κ1) is 15.1. The van der Waals surface area contributed by atoms with Crippen LogP contribution in [-0.2, 0) is 0 Å². The van der Waals surface area contributed by atoms with E-state index in [-0.39, 0.29) is 0 Å². The summed E-state index contributed by atoms with van der Waals surface area (Å²) in [4.78, 5) is 0. The van der Waals surface area contributed by atoms with Crippen molar-refractivity contribution in [3.63, 3.8) is 0 Å². The lowest BCUT2D eigenvalue weighted by molar-refractivity contribution is 0.261. The summed E-state index contributed by atoms with van der Waals surface area (Å²) in [5.74, 6) is 4.11. The van der Waals surface area contributed by atoms with E-state index in [1.54, 1.807) is 0 Å². The number of rotatable bonds is 3. The van der Waals surface area contributed by atoms with E-state index in [0.29, 0.717) is 5.92 Å². The van der Waals surface area contributed by atoms with Gasteiger partial charge in [0.05, 0.1) is 0 Å². The molecule has 22 heavy (non-hydrogen) atoms. The molecule has 1 aliphatic carbocycles. The standard InChI is InChI=1S/C21H26O/c1-15-9-11-17(3)19(13-15)20-14-16(2)10-12-21(20)22-18-7-5-4-6-8-18/h4-8,10,12,14-15,17,19H,9,11,13H2,1-3H3. The highest BCUT2D eigenvalue weighted by Crippen LogP contribution is 2.44. The molecule has 0 amide bonds. The van der Waals surface area contributed by atoms with Crippen molar-refractivity contribution >= 4 is 0 Å². The summed E-state index contributed by atoms with van der Waals surface area (Å²) in [6.45, 7) is 6.95. The maximum atomic E-state index is 6.20. The Morgan fingerprint density at radius 2 is 1.73 bits per heavy atom. The monoisotopic (exact) mass is 294 g/mol. The smallest absolute Gasteiger partial charge is 0.130 e. The zero-order valence-corrected chi connectivity index (χ0v) is 13.9. The van der Waals surface area contributed by atoms with Crippen molar-refractivity contribution < 1.29 is 4.74 Å². The van der Waals surface area contributed by atoms with Gasteiger partial charge >= 0.3 is 0 Å². The van der Waals surface area contributed by atoms with Crippen molar-refractivity contribution in [2.45, 2.75) is 46.0 Å². The van der Waals surface area contributed by atoms with Crippen LogP contribution in [0.4, 0.5) is 0 Å². The molecule has 3 unspecified atom stereocenters. The first-order valence-corrected chi connectivity index (χ1v) is 8.47. The van der Waals surface area contributed by atoms with Crippen LogP contribution >= 0.6 is 0 Å². The van der Waals surface area contributed by atoms with Crippen molar-refractivity contribution in [1.82, 2.24) is 0 Å². The Kier molecular flexibility index (Phi) is 4.52. The van der Waals surface area contributed by atoms with Crippen LogP contribution in [0.5, 0.6) is 11.5 Å². The lowest BCUT2D eigenvalue weighted by Gasteiger charge is -2.34. The Morgan fingerprint density at radius 3 is 2.50 bits per heavy atom. The molecule has 1 saturated carbocycles. The van der Waals surface area contributed by atoms with Gasteiger partial charge in [-0.2, -0.15) is 0 Å². The van der Waals surface area contributed by atoms with Crippen molar-refractivity contribution in [1.29, 1.82) is 0 Å². The summed E-state index contributed by atoms with van der Waals surface area (Å²) < 4.78 is 6.20. The van der Waals surface area contributed by atoms with Gasteiger partial charge in [-0.1, -0.05) is 56.2 Å². The highest BCUT2D eigenvalue weighted by molar-refractivity contribution is 5.42. The summed E-state index contributed by atoms with van der Waals surface area (Å²) in [5, 5.41) is 0. The minimum Gasteiger partial charge on any atom is -0.457 e. The lowest BCUT2D eigenvalue weighted by atomic mass is 9.72. The van der Waals surface area contributed by atoms with E-state index in [1.807, 2.05) is 30.3 Å². The zero-order chi connectivity index (χ0) is 15.5. The third kappa shape index (κ3) is 3.35. The Morgan fingerprint density at radius 1 is 0.955 bits per heavy atom. The van der Waals surface area contributed by atoms with E-state index in [4.69, 9.17) is 4.74 Å². The number of para-hydroxylation sites is 1. The zero-order valence-electron chi connectivity index (χ0n) is 13.9. The van der Waals surface area contributed by atoms with E-state index in [2.05, 4.69) is 39.0 Å². The summed E-state index contributed by atoms with van der Waals surface area (Å²) in [6.07, 6.45) is 3.96. The van der Waals surface area contributed by atoms with E-state index >= 15 is 0 Å². The molecule has 0 radical (unpaired) electrons. The fourth-order valence-corrected chi connectivity index (χ4v) is 3.63. The number of ether oxygens (including phenoxy) is 1. The molecule has 3 atom stereocenters. The molecular formula is C21H26O. The summed E-state index contributed by atoms with van der Waals surface area (Å²) >= 11 is 0. The van der Waals surface area contributed by atoms with Crippen LogP contribution in [0.25, 0.3) is 0 Å². The van der Waals surface area contributed by atoms with Gasteiger partial charge in [-0.25, -0.2) is 0 Å². The van der Waals surface area contributed by atoms with E-state index < -0.39 is 0 Å². The molecule has 2 aromatic carbocycles.